The second kappa shape index (κ2) is 6.56. The lowest BCUT2D eigenvalue weighted by Crippen LogP contribution is -2.51. The Balaban J connectivity index is 4.25. The lowest BCUT2D eigenvalue weighted by Gasteiger charge is -2.29. The highest BCUT2D eigenvalue weighted by Gasteiger charge is 2.24. The van der Waals surface area contributed by atoms with Crippen LogP contribution in [0.25, 0.3) is 0 Å². The predicted molar refractivity (Wildman–Crippen MR) is 65.6 cm³/mol. The normalized spacial score (nSPS) is 13.4. The largest absolute Gasteiger partial charge is 0.389 e. The van der Waals surface area contributed by atoms with Crippen LogP contribution in [0, 0.1) is 0 Å². The van der Waals surface area contributed by atoms with Gasteiger partial charge in [-0.05, 0) is 34.7 Å². The molecular formula is C11H23N3O3. The molecule has 1 atom stereocenters. The first-order valence-corrected chi connectivity index (χ1v) is 5.68. The average molecular weight is 245 g/mol. The van der Waals surface area contributed by atoms with Crippen molar-refractivity contribution < 1.29 is 14.7 Å². The molecule has 0 saturated heterocycles. The van der Waals surface area contributed by atoms with E-state index in [4.69, 9.17) is 0 Å². The third-order valence-corrected chi connectivity index (χ3v) is 2.25. The molecule has 0 aromatic rings. The Morgan fingerprint density at radius 3 is 2.35 bits per heavy atom. The van der Waals surface area contributed by atoms with Crippen molar-refractivity contribution in [1.29, 1.82) is 0 Å². The van der Waals surface area contributed by atoms with E-state index in [1.807, 2.05) is 0 Å². The lowest BCUT2D eigenvalue weighted by atomic mass is 10.1. The van der Waals surface area contributed by atoms with Gasteiger partial charge >= 0.3 is 6.03 Å². The maximum Gasteiger partial charge on any atom is 0.321 e. The molecule has 0 spiro atoms. The van der Waals surface area contributed by atoms with E-state index in [1.165, 1.54) is 0 Å². The van der Waals surface area contributed by atoms with Crippen LogP contribution >= 0.6 is 0 Å². The molecular weight excluding hydrogens is 222 g/mol. The van der Waals surface area contributed by atoms with Gasteiger partial charge in [-0.2, -0.15) is 0 Å². The molecule has 17 heavy (non-hydrogen) atoms. The Labute approximate surface area is 102 Å². The summed E-state index contributed by atoms with van der Waals surface area (Å²) < 4.78 is 0. The van der Waals surface area contributed by atoms with E-state index in [0.29, 0.717) is 13.1 Å². The van der Waals surface area contributed by atoms with Crippen molar-refractivity contribution in [2.24, 2.45) is 0 Å². The minimum Gasteiger partial charge on any atom is -0.389 e. The molecule has 0 heterocycles. The molecule has 0 saturated carbocycles. The van der Waals surface area contributed by atoms with Crippen LogP contribution in [0.1, 0.15) is 27.7 Å². The van der Waals surface area contributed by atoms with Crippen molar-refractivity contribution in [3.63, 3.8) is 0 Å². The summed E-state index contributed by atoms with van der Waals surface area (Å²) >= 11 is 0. The SMILES string of the molecule is CCNC(=O)NC(=O)C(C)N(C)CC(C)(C)O. The molecule has 0 rings (SSSR count). The first kappa shape index (κ1) is 15.9. The van der Waals surface area contributed by atoms with Crippen molar-refractivity contribution in [3.05, 3.63) is 0 Å². The highest BCUT2D eigenvalue weighted by atomic mass is 16.3. The van der Waals surface area contributed by atoms with Gasteiger partial charge in [-0.25, -0.2) is 4.79 Å². The number of hydrogen-bond donors (Lipinski definition) is 3. The topological polar surface area (TPSA) is 81.7 Å². The Morgan fingerprint density at radius 1 is 1.41 bits per heavy atom. The summed E-state index contributed by atoms with van der Waals surface area (Å²) in [6, 6.07) is -0.981. The van der Waals surface area contributed by atoms with Gasteiger partial charge in [0, 0.05) is 13.1 Å². The van der Waals surface area contributed by atoms with Gasteiger partial charge in [0.2, 0.25) is 5.91 Å². The van der Waals surface area contributed by atoms with Crippen LogP contribution in [0.4, 0.5) is 4.79 Å². The fraction of sp³-hybridized carbons (Fsp3) is 0.818. The molecule has 3 amide bonds. The van der Waals surface area contributed by atoms with Crippen LogP contribution in [0.3, 0.4) is 0 Å². The lowest BCUT2D eigenvalue weighted by molar-refractivity contribution is -0.125. The molecule has 0 aliphatic carbocycles. The molecule has 0 radical (unpaired) electrons. The van der Waals surface area contributed by atoms with Crippen LogP contribution in [0.2, 0.25) is 0 Å². The molecule has 0 aromatic carbocycles. The van der Waals surface area contributed by atoms with E-state index in [-0.39, 0.29) is 5.91 Å². The van der Waals surface area contributed by atoms with E-state index in [1.54, 1.807) is 39.6 Å². The monoisotopic (exact) mass is 245 g/mol. The zero-order chi connectivity index (χ0) is 13.6. The van der Waals surface area contributed by atoms with E-state index >= 15 is 0 Å². The molecule has 0 fully saturated rings. The molecule has 6 nitrogen and oxygen atoms in total. The third kappa shape index (κ3) is 6.91. The summed E-state index contributed by atoms with van der Waals surface area (Å²) in [5.41, 5.74) is -0.880. The summed E-state index contributed by atoms with van der Waals surface area (Å²) in [7, 11) is 1.72. The minimum atomic E-state index is -0.880. The van der Waals surface area contributed by atoms with Gasteiger partial charge in [-0.1, -0.05) is 0 Å². The number of aliphatic hydroxyl groups is 1. The van der Waals surface area contributed by atoms with Gasteiger partial charge in [0.25, 0.3) is 0 Å². The van der Waals surface area contributed by atoms with Crippen molar-refractivity contribution in [3.8, 4) is 0 Å². The zero-order valence-electron chi connectivity index (χ0n) is 11.2. The minimum absolute atomic E-state index is 0.344. The second-order valence-electron chi connectivity index (χ2n) is 4.75. The number of urea groups is 1. The Bertz CT molecular complexity index is 274. The van der Waals surface area contributed by atoms with Crippen LogP contribution < -0.4 is 10.6 Å². The van der Waals surface area contributed by atoms with E-state index in [2.05, 4.69) is 10.6 Å². The molecule has 0 aliphatic rings. The smallest absolute Gasteiger partial charge is 0.321 e. The van der Waals surface area contributed by atoms with Gasteiger partial charge in [0.1, 0.15) is 0 Å². The highest BCUT2D eigenvalue weighted by molar-refractivity contribution is 5.96. The van der Waals surface area contributed by atoms with E-state index in [9.17, 15) is 14.7 Å². The maximum absolute atomic E-state index is 11.7. The van der Waals surface area contributed by atoms with Crippen LogP contribution in [0.5, 0.6) is 0 Å². The van der Waals surface area contributed by atoms with Crippen molar-refractivity contribution in [2.45, 2.75) is 39.3 Å². The third-order valence-electron chi connectivity index (χ3n) is 2.25. The number of nitrogens with one attached hydrogen (secondary N) is 2. The summed E-state index contributed by atoms with van der Waals surface area (Å²) in [5.74, 6) is -0.386. The summed E-state index contributed by atoms with van der Waals surface area (Å²) in [4.78, 5) is 24.5. The van der Waals surface area contributed by atoms with Crippen molar-refractivity contribution in [1.82, 2.24) is 15.5 Å². The molecule has 1 unspecified atom stereocenters. The standard InChI is InChI=1S/C11H23N3O3/c1-6-12-10(16)13-9(15)8(2)14(5)7-11(3,4)17/h8,17H,6-7H2,1-5H3,(H2,12,13,15,16). The number of nitrogens with zero attached hydrogens (tertiary/aromatic N) is 1. The van der Waals surface area contributed by atoms with Crippen molar-refractivity contribution >= 4 is 11.9 Å². The fourth-order valence-corrected chi connectivity index (χ4v) is 1.37. The van der Waals surface area contributed by atoms with Crippen molar-refractivity contribution in [2.75, 3.05) is 20.1 Å². The van der Waals surface area contributed by atoms with Crippen LogP contribution in [-0.2, 0) is 4.79 Å². The van der Waals surface area contributed by atoms with Crippen LogP contribution in [-0.4, -0.2) is 53.7 Å². The molecule has 6 heteroatoms. The number of likely N-dealkylation sites (N-methyl/N-ethyl adjacent to an activating group) is 1. The number of amides is 3. The number of imide groups is 1. The molecule has 0 aliphatic heterocycles. The number of carbonyl (C=O) groups excluding carboxylic acids is 2. The van der Waals surface area contributed by atoms with E-state index in [0.717, 1.165) is 0 Å². The zero-order valence-corrected chi connectivity index (χ0v) is 11.2. The van der Waals surface area contributed by atoms with Gasteiger partial charge in [-0.15, -0.1) is 0 Å². The number of rotatable bonds is 5. The van der Waals surface area contributed by atoms with Gasteiger partial charge in [0.15, 0.2) is 0 Å². The van der Waals surface area contributed by atoms with Gasteiger partial charge in [-0.3, -0.25) is 15.0 Å². The molecule has 0 aromatic heterocycles. The maximum atomic E-state index is 11.7. The number of carbonyl (C=O) groups is 2. The fourth-order valence-electron chi connectivity index (χ4n) is 1.37. The molecule has 0 bridgehead atoms. The highest BCUT2D eigenvalue weighted by Crippen LogP contribution is 2.06. The first-order valence-electron chi connectivity index (χ1n) is 5.68. The first-order chi connectivity index (χ1) is 7.67. The number of hydrogen-bond acceptors (Lipinski definition) is 4. The quantitative estimate of drug-likeness (QED) is 0.633. The Morgan fingerprint density at radius 2 is 1.94 bits per heavy atom. The summed E-state index contributed by atoms with van der Waals surface area (Å²) in [5, 5.41) is 14.3. The van der Waals surface area contributed by atoms with Gasteiger partial charge in [0.05, 0.1) is 11.6 Å². The Kier molecular flexibility index (Phi) is 6.12. The summed E-state index contributed by atoms with van der Waals surface area (Å²) in [6.07, 6.45) is 0. The van der Waals surface area contributed by atoms with Gasteiger partial charge < -0.3 is 10.4 Å². The molecule has 100 valence electrons. The molecule has 3 N–H and O–H groups in total. The van der Waals surface area contributed by atoms with Crippen LogP contribution in [0.15, 0.2) is 0 Å². The second-order valence-corrected chi connectivity index (χ2v) is 4.75. The average Bonchev–Trinajstić information content (AvgIpc) is 2.13. The summed E-state index contributed by atoms with van der Waals surface area (Å²) in [6.45, 7) is 7.59. The predicted octanol–water partition coefficient (Wildman–Crippen LogP) is -0.0767. The Hall–Kier alpha value is -1.14. The van der Waals surface area contributed by atoms with E-state index < -0.39 is 17.7 Å².